The summed E-state index contributed by atoms with van der Waals surface area (Å²) in [4.78, 5) is 21.0. The first-order valence-electron chi connectivity index (χ1n) is 8.16. The third-order valence-electron chi connectivity index (χ3n) is 3.50. The zero-order valence-corrected chi connectivity index (χ0v) is 15.5. The Morgan fingerprint density at radius 3 is 1.82 bits per heavy atom. The molecule has 0 radical (unpaired) electrons. The molecule has 0 heterocycles. The lowest BCUT2D eigenvalue weighted by Gasteiger charge is -2.29. The van der Waals surface area contributed by atoms with Crippen LogP contribution in [-0.2, 0) is 4.57 Å². The van der Waals surface area contributed by atoms with Crippen molar-refractivity contribution in [2.45, 2.75) is 72.6 Å². The zero-order chi connectivity index (χ0) is 17.0. The molecular formula is C18H31O3P-2. The highest BCUT2D eigenvalue weighted by Crippen LogP contribution is 2.24. The fourth-order valence-electron chi connectivity index (χ4n) is 2.14. The molecule has 0 saturated heterocycles. The van der Waals surface area contributed by atoms with Crippen molar-refractivity contribution < 1.29 is 14.4 Å². The Labute approximate surface area is 136 Å². The molecule has 0 aliphatic carbocycles. The van der Waals surface area contributed by atoms with Crippen LogP contribution >= 0.6 is 7.60 Å². The normalized spacial score (nSPS) is 13.4. The van der Waals surface area contributed by atoms with Gasteiger partial charge in [0.25, 0.3) is 0 Å². The summed E-state index contributed by atoms with van der Waals surface area (Å²) in [6, 6.07) is 0. The highest BCUT2D eigenvalue weighted by atomic mass is 31.2. The number of hydrogen-bond acceptors (Lipinski definition) is 3. The van der Waals surface area contributed by atoms with Gasteiger partial charge in [0.2, 0.25) is 0 Å². The third kappa shape index (κ3) is 15.8. The molecule has 128 valence electrons. The van der Waals surface area contributed by atoms with Crippen molar-refractivity contribution in [2.24, 2.45) is 0 Å². The highest BCUT2D eigenvalue weighted by molar-refractivity contribution is 7.48. The van der Waals surface area contributed by atoms with Crippen LogP contribution in [-0.4, -0.2) is 6.16 Å². The minimum absolute atomic E-state index is 0.215. The van der Waals surface area contributed by atoms with Crippen molar-refractivity contribution in [1.82, 2.24) is 0 Å². The first-order chi connectivity index (χ1) is 10.2. The molecule has 0 N–H and O–H groups in total. The summed E-state index contributed by atoms with van der Waals surface area (Å²) in [5, 5.41) is 0. The molecule has 0 unspecified atom stereocenters. The maximum atomic E-state index is 10.5. The van der Waals surface area contributed by atoms with Gasteiger partial charge in [-0.25, -0.2) is 0 Å². The zero-order valence-electron chi connectivity index (χ0n) is 14.6. The van der Waals surface area contributed by atoms with Gasteiger partial charge in [0.15, 0.2) is 0 Å². The summed E-state index contributed by atoms with van der Waals surface area (Å²) in [5.41, 5.74) is 4.14. The molecule has 0 aromatic heterocycles. The first kappa shape index (κ1) is 21.4. The van der Waals surface area contributed by atoms with Gasteiger partial charge in [0.05, 0.1) is 0 Å². The van der Waals surface area contributed by atoms with E-state index in [1.807, 2.05) is 0 Å². The van der Waals surface area contributed by atoms with E-state index in [0.717, 1.165) is 38.5 Å². The van der Waals surface area contributed by atoms with Crippen molar-refractivity contribution in [3.8, 4) is 0 Å². The van der Waals surface area contributed by atoms with Crippen molar-refractivity contribution in [3.63, 3.8) is 0 Å². The Bertz CT molecular complexity index is 437. The molecule has 0 aliphatic heterocycles. The van der Waals surface area contributed by atoms with E-state index < -0.39 is 7.60 Å². The molecule has 0 aromatic rings. The van der Waals surface area contributed by atoms with Crippen LogP contribution in [0.2, 0.25) is 0 Å². The van der Waals surface area contributed by atoms with Gasteiger partial charge in [-0.3, -0.25) is 0 Å². The lowest BCUT2D eigenvalue weighted by Crippen LogP contribution is -2.16. The number of hydrogen-bond donors (Lipinski definition) is 0. The molecule has 0 spiro atoms. The molecule has 0 atom stereocenters. The van der Waals surface area contributed by atoms with Gasteiger partial charge in [-0.1, -0.05) is 42.5 Å². The first-order valence-corrected chi connectivity index (χ1v) is 9.89. The summed E-state index contributed by atoms with van der Waals surface area (Å²) in [7, 11) is -4.31. The molecule has 0 saturated carbocycles. The van der Waals surface area contributed by atoms with Gasteiger partial charge in [0.1, 0.15) is 0 Å². The third-order valence-corrected chi connectivity index (χ3v) is 4.37. The molecular weight excluding hydrogens is 295 g/mol. The predicted octanol–water partition coefficient (Wildman–Crippen LogP) is 4.49. The van der Waals surface area contributed by atoms with Crippen molar-refractivity contribution >= 4 is 7.60 Å². The van der Waals surface area contributed by atoms with E-state index in [0.29, 0.717) is 6.42 Å². The molecule has 0 bridgehead atoms. The molecule has 0 amide bonds. The Morgan fingerprint density at radius 2 is 1.32 bits per heavy atom. The lowest BCUT2D eigenvalue weighted by molar-refractivity contribution is -0.313. The topological polar surface area (TPSA) is 63.2 Å². The summed E-state index contributed by atoms with van der Waals surface area (Å²) < 4.78 is 10.5. The summed E-state index contributed by atoms with van der Waals surface area (Å²) in [6.07, 6.45) is 12.9. The van der Waals surface area contributed by atoms with E-state index in [2.05, 4.69) is 45.9 Å². The van der Waals surface area contributed by atoms with Crippen LogP contribution < -0.4 is 9.79 Å². The Morgan fingerprint density at radius 1 is 0.818 bits per heavy atom. The number of rotatable bonds is 11. The molecule has 22 heavy (non-hydrogen) atoms. The van der Waals surface area contributed by atoms with Crippen LogP contribution in [0.25, 0.3) is 0 Å². The largest absolute Gasteiger partial charge is 0.811 e. The lowest BCUT2D eigenvalue weighted by atomic mass is 10.1. The van der Waals surface area contributed by atoms with Gasteiger partial charge in [-0.05, 0) is 78.8 Å². The van der Waals surface area contributed by atoms with Gasteiger partial charge in [-0.2, -0.15) is 0 Å². The van der Waals surface area contributed by atoms with Gasteiger partial charge < -0.3 is 14.4 Å². The second-order valence-corrected chi connectivity index (χ2v) is 7.96. The monoisotopic (exact) mass is 326 g/mol. The molecule has 0 rings (SSSR count). The van der Waals surface area contributed by atoms with Crippen molar-refractivity contribution in [2.75, 3.05) is 6.16 Å². The van der Waals surface area contributed by atoms with E-state index >= 15 is 0 Å². The van der Waals surface area contributed by atoms with Crippen LogP contribution in [0.4, 0.5) is 0 Å². The maximum Gasteiger partial charge on any atom is -0.0250 e. The van der Waals surface area contributed by atoms with E-state index in [-0.39, 0.29) is 6.16 Å². The van der Waals surface area contributed by atoms with Crippen LogP contribution in [0.3, 0.4) is 0 Å². The molecule has 4 heteroatoms. The minimum Gasteiger partial charge on any atom is -0.811 e. The number of allylic oxidation sites excluding steroid dienone is 6. The molecule has 0 aliphatic rings. The van der Waals surface area contributed by atoms with Crippen LogP contribution in [0.1, 0.15) is 72.6 Å². The quantitative estimate of drug-likeness (QED) is 0.319. The Kier molecular flexibility index (Phi) is 11.5. The van der Waals surface area contributed by atoms with Crippen LogP contribution in [0.15, 0.2) is 34.9 Å². The fraction of sp³-hybridized carbons (Fsp3) is 0.667. The van der Waals surface area contributed by atoms with Crippen LogP contribution in [0, 0.1) is 0 Å². The smallest absolute Gasteiger partial charge is 0.0250 e. The summed E-state index contributed by atoms with van der Waals surface area (Å²) in [5.74, 6) is 0. The van der Waals surface area contributed by atoms with Crippen molar-refractivity contribution in [3.05, 3.63) is 34.9 Å². The molecule has 0 aromatic carbocycles. The van der Waals surface area contributed by atoms with E-state index in [1.54, 1.807) is 0 Å². The predicted molar refractivity (Wildman–Crippen MR) is 91.7 cm³/mol. The molecule has 3 nitrogen and oxygen atoms in total. The van der Waals surface area contributed by atoms with Crippen LogP contribution in [0.5, 0.6) is 0 Å². The standard InChI is InChI=1S/C18H33O3P/c1-16(2)10-8-12-18(4)14-9-13-17(3)11-6-5-7-15-22(19,20)21/h10-11,14H,5-9,12-13,15H2,1-4H3,(H2,19,20,21)/p-2/b17-11+,18-14+. The Hall–Kier alpha value is -0.630. The van der Waals surface area contributed by atoms with Gasteiger partial charge >= 0.3 is 0 Å². The van der Waals surface area contributed by atoms with Gasteiger partial charge in [-0.15, -0.1) is 0 Å². The summed E-state index contributed by atoms with van der Waals surface area (Å²) >= 11 is 0. The second-order valence-electron chi connectivity index (χ2n) is 6.29. The highest BCUT2D eigenvalue weighted by Gasteiger charge is 1.94. The van der Waals surface area contributed by atoms with E-state index in [9.17, 15) is 14.4 Å². The Balaban J connectivity index is 3.83. The van der Waals surface area contributed by atoms with E-state index in [1.165, 1.54) is 16.7 Å². The van der Waals surface area contributed by atoms with Gasteiger partial charge in [0, 0.05) is 0 Å². The summed E-state index contributed by atoms with van der Waals surface area (Å²) in [6.45, 7) is 8.54. The average molecular weight is 326 g/mol. The number of unbranched alkanes of at least 4 members (excludes halogenated alkanes) is 2. The van der Waals surface area contributed by atoms with Crippen molar-refractivity contribution in [1.29, 1.82) is 0 Å². The maximum absolute atomic E-state index is 10.5. The SMILES string of the molecule is CC(C)=CCC/C(C)=C/CC/C(C)=C/CCCCP(=O)([O-])[O-]. The second kappa shape index (κ2) is 11.9. The minimum atomic E-state index is -4.31. The molecule has 0 fully saturated rings. The average Bonchev–Trinajstić information content (AvgIpc) is 2.36. The van der Waals surface area contributed by atoms with E-state index in [4.69, 9.17) is 0 Å². The fourth-order valence-corrected chi connectivity index (χ4v) is 2.75.